The number of hydrogen-bond donors (Lipinski definition) is 2. The molecular weight excluding hydrogens is 364 g/mol. The predicted octanol–water partition coefficient (Wildman–Crippen LogP) is 3.59. The lowest BCUT2D eigenvalue weighted by molar-refractivity contribution is -0.115. The van der Waals surface area contributed by atoms with Crippen molar-refractivity contribution in [2.75, 3.05) is 11.1 Å². The van der Waals surface area contributed by atoms with Crippen LogP contribution in [-0.4, -0.2) is 17.6 Å². The van der Waals surface area contributed by atoms with Crippen LogP contribution in [0.15, 0.2) is 51.8 Å². The number of amides is 2. The number of nitrogens with two attached hydrogens (primary N) is 1. The first-order valence-electron chi connectivity index (χ1n) is 6.55. The molecule has 0 heterocycles. The molecule has 0 radical (unpaired) electrons. The molecule has 0 bridgehead atoms. The summed E-state index contributed by atoms with van der Waals surface area (Å²) >= 11 is 4.68. The normalized spacial score (nSPS) is 10.3. The second-order valence-electron chi connectivity index (χ2n) is 4.67. The maximum absolute atomic E-state index is 12.4. The molecule has 0 unspecified atom stereocenters. The monoisotopic (exact) mass is 378 g/mol. The average molecular weight is 379 g/mol. The molecule has 0 spiro atoms. The lowest BCUT2D eigenvalue weighted by Crippen LogP contribution is -2.15. The summed E-state index contributed by atoms with van der Waals surface area (Å²) in [7, 11) is 0. The Labute approximate surface area is 141 Å². The first kappa shape index (κ1) is 16.6. The van der Waals surface area contributed by atoms with Gasteiger partial charge in [-0.25, -0.2) is 0 Å². The first-order chi connectivity index (χ1) is 10.5. The van der Waals surface area contributed by atoms with Crippen LogP contribution in [-0.2, 0) is 4.79 Å². The molecule has 0 fully saturated rings. The number of anilines is 1. The number of halogens is 1. The Bertz CT molecular complexity index is 719. The maximum Gasteiger partial charge on any atom is 0.256 e. The van der Waals surface area contributed by atoms with Crippen LogP contribution in [0, 0.1) is 6.92 Å². The van der Waals surface area contributed by atoms with Gasteiger partial charge in [-0.2, -0.15) is 0 Å². The molecule has 2 aromatic carbocycles. The van der Waals surface area contributed by atoms with Gasteiger partial charge in [-0.05, 0) is 42.8 Å². The van der Waals surface area contributed by atoms with Gasteiger partial charge < -0.3 is 11.1 Å². The van der Waals surface area contributed by atoms with Gasteiger partial charge in [-0.15, -0.1) is 11.8 Å². The van der Waals surface area contributed by atoms with Crippen LogP contribution < -0.4 is 11.1 Å². The third-order valence-electron chi connectivity index (χ3n) is 2.92. The minimum absolute atomic E-state index is 0.141. The number of aryl methyl sites for hydroxylation is 1. The number of primary amides is 1. The van der Waals surface area contributed by atoms with Gasteiger partial charge in [0.05, 0.1) is 11.3 Å². The number of carbonyl (C=O) groups excluding carboxylic acids is 2. The van der Waals surface area contributed by atoms with E-state index in [1.807, 2.05) is 31.2 Å². The zero-order valence-corrected chi connectivity index (χ0v) is 14.3. The fraction of sp³-hybridized carbons (Fsp3) is 0.125. The van der Waals surface area contributed by atoms with Gasteiger partial charge in [0.25, 0.3) is 5.91 Å². The van der Waals surface area contributed by atoms with E-state index in [-0.39, 0.29) is 11.7 Å². The van der Waals surface area contributed by atoms with Gasteiger partial charge in [0.2, 0.25) is 5.91 Å². The van der Waals surface area contributed by atoms with E-state index < -0.39 is 5.91 Å². The standard InChI is InChI=1S/C16H15BrN2O2S/c1-10-8-11(6-7-13(10)17)19-16(21)12-4-2-3-5-14(12)22-9-15(18)20/h2-8H,9H2,1H3,(H2,18,20)(H,19,21). The second-order valence-corrected chi connectivity index (χ2v) is 6.54. The van der Waals surface area contributed by atoms with E-state index in [0.717, 1.165) is 20.6 Å². The molecule has 3 N–H and O–H groups in total. The lowest BCUT2D eigenvalue weighted by atomic mass is 10.2. The summed E-state index contributed by atoms with van der Waals surface area (Å²) in [6.07, 6.45) is 0. The van der Waals surface area contributed by atoms with E-state index in [1.54, 1.807) is 18.2 Å². The van der Waals surface area contributed by atoms with Gasteiger partial charge >= 0.3 is 0 Å². The van der Waals surface area contributed by atoms with Crippen molar-refractivity contribution in [1.82, 2.24) is 0 Å². The molecule has 0 aromatic heterocycles. The molecule has 114 valence electrons. The van der Waals surface area contributed by atoms with Gasteiger partial charge in [0.1, 0.15) is 0 Å². The SMILES string of the molecule is Cc1cc(NC(=O)c2ccccc2SCC(N)=O)ccc1Br. The van der Waals surface area contributed by atoms with Crippen molar-refractivity contribution in [3.05, 3.63) is 58.1 Å². The zero-order chi connectivity index (χ0) is 16.1. The van der Waals surface area contributed by atoms with Crippen molar-refractivity contribution in [2.45, 2.75) is 11.8 Å². The van der Waals surface area contributed by atoms with Gasteiger partial charge in [-0.1, -0.05) is 28.1 Å². The van der Waals surface area contributed by atoms with Crippen LogP contribution in [0.4, 0.5) is 5.69 Å². The van der Waals surface area contributed by atoms with Gasteiger partial charge in [0, 0.05) is 15.1 Å². The van der Waals surface area contributed by atoms with Crippen LogP contribution in [0.3, 0.4) is 0 Å². The van der Waals surface area contributed by atoms with Crippen LogP contribution in [0.2, 0.25) is 0 Å². The number of hydrogen-bond acceptors (Lipinski definition) is 3. The Morgan fingerprint density at radius 2 is 1.95 bits per heavy atom. The van der Waals surface area contributed by atoms with Crippen LogP contribution >= 0.6 is 27.7 Å². The Balaban J connectivity index is 2.18. The second kappa shape index (κ2) is 7.47. The molecule has 0 aliphatic heterocycles. The molecule has 2 aromatic rings. The molecule has 4 nitrogen and oxygen atoms in total. The highest BCUT2D eigenvalue weighted by Crippen LogP contribution is 2.24. The summed E-state index contributed by atoms with van der Waals surface area (Å²) in [5.41, 5.74) is 7.44. The third-order valence-corrected chi connectivity index (χ3v) is 4.90. The maximum atomic E-state index is 12.4. The van der Waals surface area contributed by atoms with Crippen LogP contribution in [0.5, 0.6) is 0 Å². The number of thioether (sulfide) groups is 1. The highest BCUT2D eigenvalue weighted by molar-refractivity contribution is 9.10. The number of benzene rings is 2. The molecule has 2 amide bonds. The fourth-order valence-corrected chi connectivity index (χ4v) is 2.89. The molecular formula is C16H15BrN2O2S. The van der Waals surface area contributed by atoms with E-state index in [0.29, 0.717) is 5.56 Å². The van der Waals surface area contributed by atoms with Crippen molar-refractivity contribution in [1.29, 1.82) is 0 Å². The molecule has 0 saturated heterocycles. The highest BCUT2D eigenvalue weighted by Gasteiger charge is 2.12. The Hall–Kier alpha value is -1.79. The Kier molecular flexibility index (Phi) is 5.63. The van der Waals surface area contributed by atoms with Crippen molar-refractivity contribution in [3.8, 4) is 0 Å². The van der Waals surface area contributed by atoms with Crippen LogP contribution in [0.25, 0.3) is 0 Å². The van der Waals surface area contributed by atoms with Crippen LogP contribution in [0.1, 0.15) is 15.9 Å². The molecule has 0 aliphatic carbocycles. The van der Waals surface area contributed by atoms with E-state index in [2.05, 4.69) is 21.2 Å². The molecule has 6 heteroatoms. The zero-order valence-electron chi connectivity index (χ0n) is 11.9. The topological polar surface area (TPSA) is 72.2 Å². The van der Waals surface area contributed by atoms with Crippen molar-refractivity contribution >= 4 is 45.2 Å². The number of rotatable bonds is 5. The van der Waals surface area contributed by atoms with Crippen molar-refractivity contribution in [2.24, 2.45) is 5.73 Å². The van der Waals surface area contributed by atoms with Gasteiger partial charge in [0.15, 0.2) is 0 Å². The smallest absolute Gasteiger partial charge is 0.256 e. The summed E-state index contributed by atoms with van der Waals surface area (Å²) in [6.45, 7) is 1.95. The first-order valence-corrected chi connectivity index (χ1v) is 8.33. The molecule has 2 rings (SSSR count). The Morgan fingerprint density at radius 3 is 2.64 bits per heavy atom. The highest BCUT2D eigenvalue weighted by atomic mass is 79.9. The minimum atomic E-state index is -0.413. The average Bonchev–Trinajstić information content (AvgIpc) is 2.49. The predicted molar refractivity (Wildman–Crippen MR) is 93.2 cm³/mol. The minimum Gasteiger partial charge on any atom is -0.369 e. The summed E-state index contributed by atoms with van der Waals surface area (Å²) in [6, 6.07) is 12.7. The summed E-state index contributed by atoms with van der Waals surface area (Å²) in [5, 5.41) is 2.87. The van der Waals surface area contributed by atoms with Gasteiger partial charge in [-0.3, -0.25) is 9.59 Å². The van der Waals surface area contributed by atoms with E-state index in [4.69, 9.17) is 5.73 Å². The molecule has 0 saturated carbocycles. The van der Waals surface area contributed by atoms with Crippen molar-refractivity contribution in [3.63, 3.8) is 0 Å². The van der Waals surface area contributed by atoms with Crippen molar-refractivity contribution < 1.29 is 9.59 Å². The Morgan fingerprint density at radius 1 is 1.23 bits per heavy atom. The summed E-state index contributed by atoms with van der Waals surface area (Å²) in [5.74, 6) is -0.486. The third kappa shape index (κ3) is 4.35. The largest absolute Gasteiger partial charge is 0.369 e. The van der Waals surface area contributed by atoms with E-state index in [1.165, 1.54) is 11.8 Å². The number of carbonyl (C=O) groups is 2. The quantitative estimate of drug-likeness (QED) is 0.780. The van der Waals surface area contributed by atoms with E-state index >= 15 is 0 Å². The summed E-state index contributed by atoms with van der Waals surface area (Å²) < 4.78 is 0.989. The molecule has 22 heavy (non-hydrogen) atoms. The molecule has 0 atom stereocenters. The summed E-state index contributed by atoms with van der Waals surface area (Å²) in [4.78, 5) is 24.1. The fourth-order valence-electron chi connectivity index (χ4n) is 1.85. The molecule has 0 aliphatic rings. The number of nitrogens with one attached hydrogen (secondary N) is 1. The van der Waals surface area contributed by atoms with E-state index in [9.17, 15) is 9.59 Å². The lowest BCUT2D eigenvalue weighted by Gasteiger charge is -2.10.